The van der Waals surface area contributed by atoms with Crippen molar-refractivity contribution in [2.24, 2.45) is 10.9 Å². The molecule has 2 heteroatoms. The van der Waals surface area contributed by atoms with Crippen LogP contribution in [0.25, 0.3) is 0 Å². The smallest absolute Gasteiger partial charge is 0.183 e. The van der Waals surface area contributed by atoms with Crippen LogP contribution in [0.2, 0.25) is 0 Å². The van der Waals surface area contributed by atoms with E-state index in [2.05, 4.69) is 0 Å². The van der Waals surface area contributed by atoms with Crippen molar-refractivity contribution < 1.29 is 4.74 Å². The third-order valence-corrected chi connectivity index (χ3v) is 4.07. The Morgan fingerprint density at radius 2 is 1.81 bits per heavy atom. The lowest BCUT2D eigenvalue weighted by molar-refractivity contribution is 0.310. The Bertz CT molecular complexity index is 231. The maximum atomic E-state index is 5.34. The molecule has 1 saturated carbocycles. The summed E-state index contributed by atoms with van der Waals surface area (Å²) in [5.74, 6) is 1.94. The first-order valence-corrected chi connectivity index (χ1v) is 6.99. The Morgan fingerprint density at radius 1 is 1.06 bits per heavy atom. The SMILES string of the molecule is COC1=NC(CC2CCCCC2)CCCC1. The average Bonchev–Trinajstić information content (AvgIpc) is 2.55. The van der Waals surface area contributed by atoms with E-state index in [1.165, 1.54) is 57.8 Å². The molecule has 0 aromatic carbocycles. The van der Waals surface area contributed by atoms with E-state index in [-0.39, 0.29) is 0 Å². The normalized spacial score (nSPS) is 28.3. The van der Waals surface area contributed by atoms with E-state index >= 15 is 0 Å². The van der Waals surface area contributed by atoms with E-state index in [0.29, 0.717) is 6.04 Å². The van der Waals surface area contributed by atoms with Crippen molar-refractivity contribution in [2.75, 3.05) is 7.11 Å². The second kappa shape index (κ2) is 6.27. The van der Waals surface area contributed by atoms with Gasteiger partial charge in [-0.2, -0.15) is 0 Å². The standard InChI is InChI=1S/C14H25NO/c1-16-14-10-6-5-9-13(15-14)11-12-7-3-2-4-8-12/h12-13H,2-11H2,1H3. The fraction of sp³-hybridized carbons (Fsp3) is 0.929. The Balaban J connectivity index is 1.86. The summed E-state index contributed by atoms with van der Waals surface area (Å²) in [5, 5.41) is 0. The summed E-state index contributed by atoms with van der Waals surface area (Å²) >= 11 is 0. The van der Waals surface area contributed by atoms with Gasteiger partial charge in [0.2, 0.25) is 0 Å². The molecule has 2 nitrogen and oxygen atoms in total. The van der Waals surface area contributed by atoms with Crippen LogP contribution >= 0.6 is 0 Å². The molecule has 1 atom stereocenters. The molecule has 16 heavy (non-hydrogen) atoms. The molecule has 0 radical (unpaired) electrons. The van der Waals surface area contributed by atoms with E-state index in [0.717, 1.165) is 18.2 Å². The molecule has 1 aliphatic carbocycles. The summed E-state index contributed by atoms with van der Waals surface area (Å²) < 4.78 is 5.34. The molecule has 1 unspecified atom stereocenters. The molecule has 1 fully saturated rings. The van der Waals surface area contributed by atoms with Crippen LogP contribution in [-0.2, 0) is 4.74 Å². The van der Waals surface area contributed by atoms with Gasteiger partial charge >= 0.3 is 0 Å². The number of hydrogen-bond donors (Lipinski definition) is 0. The molecule has 2 rings (SSSR count). The van der Waals surface area contributed by atoms with Gasteiger partial charge in [-0.1, -0.05) is 38.5 Å². The van der Waals surface area contributed by atoms with Gasteiger partial charge in [0, 0.05) is 6.42 Å². The number of nitrogens with zero attached hydrogens (tertiary/aromatic N) is 1. The lowest BCUT2D eigenvalue weighted by atomic mass is 9.84. The average molecular weight is 223 g/mol. The first kappa shape index (κ1) is 11.9. The number of ether oxygens (including phenoxy) is 1. The molecule has 0 saturated heterocycles. The number of methoxy groups -OCH3 is 1. The summed E-state index contributed by atoms with van der Waals surface area (Å²) in [5.41, 5.74) is 0. The van der Waals surface area contributed by atoms with Crippen LogP contribution in [0, 0.1) is 5.92 Å². The van der Waals surface area contributed by atoms with Gasteiger partial charge in [0.1, 0.15) is 0 Å². The van der Waals surface area contributed by atoms with Crippen molar-refractivity contribution in [3.63, 3.8) is 0 Å². The first-order valence-electron chi connectivity index (χ1n) is 6.99. The molecule has 1 heterocycles. The minimum Gasteiger partial charge on any atom is -0.484 e. The van der Waals surface area contributed by atoms with Crippen molar-refractivity contribution in [3.8, 4) is 0 Å². The van der Waals surface area contributed by atoms with Crippen LogP contribution in [0.15, 0.2) is 4.99 Å². The zero-order valence-electron chi connectivity index (χ0n) is 10.6. The summed E-state index contributed by atoms with van der Waals surface area (Å²) in [4.78, 5) is 4.78. The Morgan fingerprint density at radius 3 is 2.56 bits per heavy atom. The van der Waals surface area contributed by atoms with Crippen LogP contribution in [0.4, 0.5) is 0 Å². The fourth-order valence-electron chi connectivity index (χ4n) is 3.12. The number of rotatable bonds is 2. The van der Waals surface area contributed by atoms with Gasteiger partial charge < -0.3 is 4.74 Å². The van der Waals surface area contributed by atoms with E-state index < -0.39 is 0 Å². The fourth-order valence-corrected chi connectivity index (χ4v) is 3.12. The molecular weight excluding hydrogens is 198 g/mol. The van der Waals surface area contributed by atoms with Gasteiger partial charge in [0.05, 0.1) is 13.2 Å². The summed E-state index contributed by atoms with van der Waals surface area (Å²) in [6.07, 6.45) is 13.4. The predicted octanol–water partition coefficient (Wildman–Crippen LogP) is 3.94. The molecule has 0 amide bonds. The van der Waals surface area contributed by atoms with E-state index in [4.69, 9.17) is 9.73 Å². The van der Waals surface area contributed by atoms with Gasteiger partial charge in [-0.05, 0) is 25.2 Å². The summed E-state index contributed by atoms with van der Waals surface area (Å²) in [6.45, 7) is 0. The maximum Gasteiger partial charge on any atom is 0.183 e. The van der Waals surface area contributed by atoms with Gasteiger partial charge in [0.25, 0.3) is 0 Å². The summed E-state index contributed by atoms with van der Waals surface area (Å²) in [7, 11) is 1.77. The molecule has 92 valence electrons. The molecule has 0 spiro atoms. The van der Waals surface area contributed by atoms with E-state index in [9.17, 15) is 0 Å². The molecule has 0 aromatic heterocycles. The molecule has 1 aliphatic heterocycles. The van der Waals surface area contributed by atoms with Gasteiger partial charge in [-0.15, -0.1) is 0 Å². The lowest BCUT2D eigenvalue weighted by Crippen LogP contribution is -2.16. The van der Waals surface area contributed by atoms with Crippen molar-refractivity contribution >= 4 is 5.90 Å². The van der Waals surface area contributed by atoms with Gasteiger partial charge in [-0.3, -0.25) is 4.99 Å². The highest BCUT2D eigenvalue weighted by molar-refractivity contribution is 5.76. The van der Waals surface area contributed by atoms with Crippen LogP contribution in [0.1, 0.15) is 64.2 Å². The van der Waals surface area contributed by atoms with Crippen LogP contribution < -0.4 is 0 Å². The second-order valence-electron chi connectivity index (χ2n) is 5.37. The summed E-state index contributed by atoms with van der Waals surface area (Å²) in [6, 6.07) is 0.556. The molecule has 0 N–H and O–H groups in total. The largest absolute Gasteiger partial charge is 0.484 e. The zero-order chi connectivity index (χ0) is 11.2. The number of hydrogen-bond acceptors (Lipinski definition) is 2. The highest BCUT2D eigenvalue weighted by atomic mass is 16.5. The van der Waals surface area contributed by atoms with Crippen molar-refractivity contribution in [1.82, 2.24) is 0 Å². The van der Waals surface area contributed by atoms with Crippen LogP contribution in [-0.4, -0.2) is 19.0 Å². The van der Waals surface area contributed by atoms with Gasteiger partial charge in [-0.25, -0.2) is 0 Å². The minimum absolute atomic E-state index is 0.556. The van der Waals surface area contributed by atoms with Crippen LogP contribution in [0.5, 0.6) is 0 Å². The molecule has 2 aliphatic rings. The third-order valence-electron chi connectivity index (χ3n) is 4.07. The lowest BCUT2D eigenvalue weighted by Gasteiger charge is -2.24. The van der Waals surface area contributed by atoms with Crippen LogP contribution in [0.3, 0.4) is 0 Å². The first-order chi connectivity index (χ1) is 7.88. The minimum atomic E-state index is 0.556. The highest BCUT2D eigenvalue weighted by Crippen LogP contribution is 2.30. The second-order valence-corrected chi connectivity index (χ2v) is 5.37. The monoisotopic (exact) mass is 223 g/mol. The maximum absolute atomic E-state index is 5.34. The third kappa shape index (κ3) is 3.50. The predicted molar refractivity (Wildman–Crippen MR) is 67.9 cm³/mol. The zero-order valence-corrected chi connectivity index (χ0v) is 10.6. The topological polar surface area (TPSA) is 21.6 Å². The van der Waals surface area contributed by atoms with Crippen molar-refractivity contribution in [1.29, 1.82) is 0 Å². The highest BCUT2D eigenvalue weighted by Gasteiger charge is 2.20. The van der Waals surface area contributed by atoms with Crippen molar-refractivity contribution in [3.05, 3.63) is 0 Å². The van der Waals surface area contributed by atoms with Gasteiger partial charge in [0.15, 0.2) is 5.90 Å². The van der Waals surface area contributed by atoms with E-state index in [1.54, 1.807) is 7.11 Å². The number of aliphatic imine (C=N–C) groups is 1. The molecular formula is C14H25NO. The Kier molecular flexibility index (Phi) is 4.68. The van der Waals surface area contributed by atoms with Crippen molar-refractivity contribution in [2.45, 2.75) is 70.3 Å². The molecule has 0 bridgehead atoms. The van der Waals surface area contributed by atoms with E-state index in [1.807, 2.05) is 0 Å². The quantitative estimate of drug-likeness (QED) is 0.694. The molecule has 0 aromatic rings. The Hall–Kier alpha value is -0.530. The Labute approximate surface area is 99.5 Å².